The third-order valence-electron chi connectivity index (χ3n) is 2.60. The van der Waals surface area contributed by atoms with Gasteiger partial charge in [-0.1, -0.05) is 0 Å². The maximum atomic E-state index is 11.7. The van der Waals surface area contributed by atoms with Gasteiger partial charge in [-0.2, -0.15) is 0 Å². The van der Waals surface area contributed by atoms with Crippen molar-refractivity contribution < 1.29 is 19.7 Å². The van der Waals surface area contributed by atoms with Gasteiger partial charge in [0.05, 0.1) is 18.8 Å². The summed E-state index contributed by atoms with van der Waals surface area (Å²) < 4.78 is 5.30. The van der Waals surface area contributed by atoms with Crippen molar-refractivity contribution >= 4 is 5.91 Å². The molecule has 0 radical (unpaired) electrons. The lowest BCUT2D eigenvalue weighted by molar-refractivity contribution is -0.138. The Labute approximate surface area is 89.4 Å². The van der Waals surface area contributed by atoms with Crippen LogP contribution in [0.15, 0.2) is 0 Å². The van der Waals surface area contributed by atoms with Crippen molar-refractivity contribution in [3.05, 3.63) is 0 Å². The van der Waals surface area contributed by atoms with E-state index >= 15 is 0 Å². The molecule has 1 atom stereocenters. The summed E-state index contributed by atoms with van der Waals surface area (Å²) in [6, 6.07) is 0. The minimum Gasteiger partial charge on any atom is -0.394 e. The van der Waals surface area contributed by atoms with Crippen molar-refractivity contribution in [3.63, 3.8) is 0 Å². The quantitative estimate of drug-likeness (QED) is 0.588. The van der Waals surface area contributed by atoms with Gasteiger partial charge in [0.15, 0.2) is 0 Å². The topological polar surface area (TPSA) is 78.8 Å². The maximum Gasteiger partial charge on any atom is 0.249 e. The Balaban J connectivity index is 2.46. The molecular weight excluding hydrogens is 198 g/mol. The van der Waals surface area contributed by atoms with Crippen molar-refractivity contribution in [2.45, 2.75) is 37.8 Å². The van der Waals surface area contributed by atoms with Crippen LogP contribution in [-0.2, 0) is 9.53 Å². The molecule has 1 unspecified atom stereocenters. The molecule has 0 aromatic heterocycles. The number of aliphatic hydroxyl groups excluding tert-OH is 2. The molecule has 1 amide bonds. The van der Waals surface area contributed by atoms with Crippen molar-refractivity contribution in [2.24, 2.45) is 0 Å². The van der Waals surface area contributed by atoms with Gasteiger partial charge in [0.2, 0.25) is 5.91 Å². The minimum atomic E-state index is -0.960. The van der Waals surface area contributed by atoms with Gasteiger partial charge in [-0.25, -0.2) is 0 Å². The number of carbonyl (C=O) groups is 1. The lowest BCUT2D eigenvalue weighted by atomic mass is 10.0. The lowest BCUT2D eigenvalue weighted by Gasteiger charge is -2.30. The Bertz CT molecular complexity index is 209. The second-order valence-corrected chi connectivity index (χ2v) is 4.22. The first kappa shape index (κ1) is 12.4. The van der Waals surface area contributed by atoms with Gasteiger partial charge in [-0.05, 0) is 26.2 Å². The highest BCUT2D eigenvalue weighted by molar-refractivity contribution is 5.81. The summed E-state index contributed by atoms with van der Waals surface area (Å²) in [7, 11) is 0. The van der Waals surface area contributed by atoms with E-state index in [1.54, 1.807) is 6.92 Å². The van der Waals surface area contributed by atoms with Crippen molar-refractivity contribution in [2.75, 3.05) is 19.8 Å². The van der Waals surface area contributed by atoms with E-state index < -0.39 is 11.6 Å². The molecule has 0 aromatic rings. The fourth-order valence-corrected chi connectivity index (χ4v) is 1.45. The number of ether oxygens (including phenoxy) is 1. The standard InChI is InChI=1S/C10H19NO4/c1-10(6-12,7-13)11-9(14)8-4-2-3-5-15-8/h8,12-13H,2-7H2,1H3,(H,11,14). The van der Waals surface area contributed by atoms with Crippen LogP contribution in [0.25, 0.3) is 0 Å². The van der Waals surface area contributed by atoms with Gasteiger partial charge in [0, 0.05) is 6.61 Å². The Morgan fingerprint density at radius 2 is 2.13 bits per heavy atom. The van der Waals surface area contributed by atoms with Crippen LogP contribution in [0.2, 0.25) is 0 Å². The molecule has 5 nitrogen and oxygen atoms in total. The number of nitrogens with one attached hydrogen (secondary N) is 1. The SMILES string of the molecule is CC(CO)(CO)NC(=O)C1CCCCO1. The molecule has 1 saturated heterocycles. The summed E-state index contributed by atoms with van der Waals surface area (Å²) >= 11 is 0. The van der Waals surface area contributed by atoms with Crippen LogP contribution in [-0.4, -0.2) is 47.6 Å². The van der Waals surface area contributed by atoms with E-state index in [0.29, 0.717) is 13.0 Å². The van der Waals surface area contributed by atoms with E-state index in [0.717, 1.165) is 12.8 Å². The van der Waals surface area contributed by atoms with E-state index in [1.807, 2.05) is 0 Å². The van der Waals surface area contributed by atoms with Crippen LogP contribution in [0.5, 0.6) is 0 Å². The molecule has 0 aliphatic carbocycles. The van der Waals surface area contributed by atoms with Gasteiger partial charge in [-0.3, -0.25) is 4.79 Å². The minimum absolute atomic E-state index is 0.250. The molecule has 1 aliphatic rings. The fourth-order valence-electron chi connectivity index (χ4n) is 1.45. The normalized spacial score (nSPS) is 22.5. The third kappa shape index (κ3) is 3.44. The predicted octanol–water partition coefficient (Wildman–Crippen LogP) is -0.585. The Morgan fingerprint density at radius 1 is 1.47 bits per heavy atom. The first-order valence-corrected chi connectivity index (χ1v) is 5.26. The zero-order valence-corrected chi connectivity index (χ0v) is 9.03. The van der Waals surface area contributed by atoms with E-state index in [4.69, 9.17) is 14.9 Å². The van der Waals surface area contributed by atoms with E-state index in [9.17, 15) is 4.79 Å². The molecule has 1 fully saturated rings. The molecule has 3 N–H and O–H groups in total. The first-order chi connectivity index (χ1) is 7.11. The van der Waals surface area contributed by atoms with Crippen molar-refractivity contribution in [3.8, 4) is 0 Å². The molecule has 0 saturated carbocycles. The number of aliphatic hydroxyl groups is 2. The average molecular weight is 217 g/mol. The molecular formula is C10H19NO4. The zero-order valence-electron chi connectivity index (χ0n) is 9.03. The highest BCUT2D eigenvalue weighted by atomic mass is 16.5. The third-order valence-corrected chi connectivity index (χ3v) is 2.60. The highest BCUT2D eigenvalue weighted by Crippen LogP contribution is 2.14. The molecule has 0 spiro atoms. The van der Waals surface area contributed by atoms with Gasteiger partial charge in [0.1, 0.15) is 6.10 Å². The number of hydrogen-bond donors (Lipinski definition) is 3. The molecule has 88 valence electrons. The molecule has 1 rings (SSSR count). The number of carbonyl (C=O) groups excluding carboxylic acids is 1. The van der Waals surface area contributed by atoms with Gasteiger partial charge < -0.3 is 20.3 Å². The molecule has 1 heterocycles. The van der Waals surface area contributed by atoms with Gasteiger partial charge in [0.25, 0.3) is 0 Å². The number of hydrogen-bond acceptors (Lipinski definition) is 4. The molecule has 15 heavy (non-hydrogen) atoms. The van der Waals surface area contributed by atoms with Gasteiger partial charge in [-0.15, -0.1) is 0 Å². The zero-order chi connectivity index (χ0) is 11.3. The second-order valence-electron chi connectivity index (χ2n) is 4.22. The van der Waals surface area contributed by atoms with Crippen LogP contribution < -0.4 is 5.32 Å². The summed E-state index contributed by atoms with van der Waals surface area (Å²) in [5, 5.41) is 20.6. The van der Waals surface area contributed by atoms with Gasteiger partial charge >= 0.3 is 0 Å². The van der Waals surface area contributed by atoms with Crippen LogP contribution in [0.1, 0.15) is 26.2 Å². The maximum absolute atomic E-state index is 11.7. The van der Waals surface area contributed by atoms with Crippen LogP contribution in [0, 0.1) is 0 Å². The van der Waals surface area contributed by atoms with Crippen LogP contribution >= 0.6 is 0 Å². The van der Waals surface area contributed by atoms with Crippen molar-refractivity contribution in [1.29, 1.82) is 0 Å². The first-order valence-electron chi connectivity index (χ1n) is 5.26. The average Bonchev–Trinajstić information content (AvgIpc) is 2.30. The second kappa shape index (κ2) is 5.44. The number of rotatable bonds is 4. The van der Waals surface area contributed by atoms with E-state index in [1.165, 1.54) is 0 Å². The summed E-state index contributed by atoms with van der Waals surface area (Å²) in [6.45, 7) is 1.62. The number of amides is 1. The largest absolute Gasteiger partial charge is 0.394 e. The smallest absolute Gasteiger partial charge is 0.249 e. The Kier molecular flexibility index (Phi) is 4.50. The fraction of sp³-hybridized carbons (Fsp3) is 0.900. The van der Waals surface area contributed by atoms with E-state index in [-0.39, 0.29) is 19.1 Å². The summed E-state index contributed by atoms with van der Waals surface area (Å²) in [6.07, 6.45) is 2.24. The molecule has 0 bridgehead atoms. The summed E-state index contributed by atoms with van der Waals surface area (Å²) in [5.74, 6) is -0.250. The lowest BCUT2D eigenvalue weighted by Crippen LogP contribution is -2.55. The molecule has 1 aliphatic heterocycles. The Hall–Kier alpha value is -0.650. The monoisotopic (exact) mass is 217 g/mol. The van der Waals surface area contributed by atoms with Crippen molar-refractivity contribution in [1.82, 2.24) is 5.32 Å². The summed E-state index contributed by atoms with van der Waals surface area (Å²) in [5.41, 5.74) is -0.960. The molecule has 5 heteroatoms. The predicted molar refractivity (Wildman–Crippen MR) is 54.3 cm³/mol. The molecule has 0 aromatic carbocycles. The highest BCUT2D eigenvalue weighted by Gasteiger charge is 2.29. The summed E-state index contributed by atoms with van der Waals surface area (Å²) in [4.78, 5) is 11.7. The van der Waals surface area contributed by atoms with E-state index in [2.05, 4.69) is 5.32 Å². The Morgan fingerprint density at radius 3 is 2.60 bits per heavy atom. The van der Waals surface area contributed by atoms with Crippen LogP contribution in [0.3, 0.4) is 0 Å². The van der Waals surface area contributed by atoms with Crippen LogP contribution in [0.4, 0.5) is 0 Å².